The Hall–Kier alpha value is -0.940. The molecule has 0 aromatic heterocycles. The van der Waals surface area contributed by atoms with E-state index in [2.05, 4.69) is 39.2 Å². The lowest BCUT2D eigenvalue weighted by Gasteiger charge is -2.28. The van der Waals surface area contributed by atoms with Crippen molar-refractivity contribution in [3.8, 4) is 0 Å². The van der Waals surface area contributed by atoms with Gasteiger partial charge in [-0.2, -0.15) is 0 Å². The Balaban J connectivity index is 2.54. The zero-order valence-electron chi connectivity index (χ0n) is 16.9. The Morgan fingerprint density at radius 2 is 1.92 bits per heavy atom. The van der Waals surface area contributed by atoms with Crippen LogP contribution < -0.4 is 0 Å². The van der Waals surface area contributed by atoms with E-state index in [-0.39, 0.29) is 30.7 Å². The molecule has 26 heavy (non-hydrogen) atoms. The monoisotopic (exact) mass is 366 g/mol. The summed E-state index contributed by atoms with van der Waals surface area (Å²) in [5.41, 5.74) is 1.96. The fourth-order valence-electron chi connectivity index (χ4n) is 3.75. The molecule has 0 spiro atoms. The SMILES string of the molecule is C=C(C)C/C=C/[C@@H]1O[C@](C)(CC(=C)C(C)CC(O)CC(O)CO)C[C@@H]1C. The minimum absolute atomic E-state index is 0.118. The summed E-state index contributed by atoms with van der Waals surface area (Å²) in [6.45, 7) is 16.2. The van der Waals surface area contributed by atoms with Gasteiger partial charge in [0.25, 0.3) is 0 Å². The Labute approximate surface area is 159 Å². The first kappa shape index (κ1) is 23.1. The Morgan fingerprint density at radius 1 is 1.27 bits per heavy atom. The second-order valence-corrected chi connectivity index (χ2v) is 8.50. The molecule has 4 nitrogen and oxygen atoms in total. The summed E-state index contributed by atoms with van der Waals surface area (Å²) in [6, 6.07) is 0. The van der Waals surface area contributed by atoms with Crippen LogP contribution in [0.3, 0.4) is 0 Å². The molecule has 0 radical (unpaired) electrons. The van der Waals surface area contributed by atoms with E-state index in [1.165, 1.54) is 0 Å². The molecule has 6 atom stereocenters. The highest BCUT2D eigenvalue weighted by atomic mass is 16.5. The van der Waals surface area contributed by atoms with E-state index < -0.39 is 12.2 Å². The molecule has 0 aliphatic carbocycles. The molecule has 1 aliphatic heterocycles. The molecule has 1 fully saturated rings. The third-order valence-electron chi connectivity index (χ3n) is 5.21. The highest BCUT2D eigenvalue weighted by Gasteiger charge is 2.40. The smallest absolute Gasteiger partial charge is 0.0795 e. The van der Waals surface area contributed by atoms with Crippen LogP contribution in [0, 0.1) is 11.8 Å². The fraction of sp³-hybridized carbons (Fsp3) is 0.727. The van der Waals surface area contributed by atoms with E-state index >= 15 is 0 Å². The summed E-state index contributed by atoms with van der Waals surface area (Å²) < 4.78 is 6.34. The van der Waals surface area contributed by atoms with E-state index in [4.69, 9.17) is 9.84 Å². The lowest BCUT2D eigenvalue weighted by Crippen LogP contribution is -2.28. The molecule has 0 amide bonds. The Kier molecular flexibility index (Phi) is 9.25. The van der Waals surface area contributed by atoms with E-state index in [0.717, 1.165) is 30.4 Å². The molecule has 0 bridgehead atoms. The molecule has 0 saturated carbocycles. The van der Waals surface area contributed by atoms with E-state index in [1.807, 2.05) is 13.8 Å². The van der Waals surface area contributed by atoms with Crippen molar-refractivity contribution < 1.29 is 20.1 Å². The van der Waals surface area contributed by atoms with Crippen LogP contribution in [-0.4, -0.2) is 45.8 Å². The van der Waals surface area contributed by atoms with Crippen LogP contribution in [0.1, 0.15) is 59.8 Å². The van der Waals surface area contributed by atoms with Crippen LogP contribution in [-0.2, 0) is 4.74 Å². The molecule has 1 rings (SSSR count). The largest absolute Gasteiger partial charge is 0.394 e. The first-order valence-corrected chi connectivity index (χ1v) is 9.69. The zero-order valence-corrected chi connectivity index (χ0v) is 16.9. The lowest BCUT2D eigenvalue weighted by molar-refractivity contribution is -0.0138. The van der Waals surface area contributed by atoms with Gasteiger partial charge in [-0.25, -0.2) is 0 Å². The molecule has 0 aromatic rings. The Morgan fingerprint density at radius 3 is 2.50 bits per heavy atom. The third-order valence-corrected chi connectivity index (χ3v) is 5.21. The summed E-state index contributed by atoms with van der Waals surface area (Å²) in [5.74, 6) is 0.583. The molecule has 1 heterocycles. The molecular weight excluding hydrogens is 328 g/mol. The molecule has 4 heteroatoms. The molecule has 1 aliphatic rings. The minimum atomic E-state index is -0.867. The van der Waals surface area contributed by atoms with Gasteiger partial charge in [0, 0.05) is 6.42 Å². The number of aliphatic hydroxyl groups excluding tert-OH is 3. The summed E-state index contributed by atoms with van der Waals surface area (Å²) in [7, 11) is 0. The molecule has 3 unspecified atom stereocenters. The topological polar surface area (TPSA) is 69.9 Å². The van der Waals surface area contributed by atoms with Crippen molar-refractivity contribution in [2.24, 2.45) is 11.8 Å². The first-order valence-electron chi connectivity index (χ1n) is 9.69. The number of allylic oxidation sites excluding steroid dienone is 2. The Bertz CT molecular complexity index is 498. The quantitative estimate of drug-likeness (QED) is 0.487. The standard InChI is InChI=1S/C22H38O4/c1-15(2)8-7-9-21-18(5)13-22(6,26-21)12-17(4)16(3)10-19(24)11-20(25)14-23/h7,9,16,18-21,23-25H,1,4,8,10-14H2,2-3,5-6H3/b9-7+/t16?,18-,19?,20?,21-,22+/m0/s1. The van der Waals surface area contributed by atoms with Crippen molar-refractivity contribution in [2.45, 2.75) is 83.7 Å². The number of rotatable bonds is 11. The van der Waals surface area contributed by atoms with Crippen molar-refractivity contribution in [3.63, 3.8) is 0 Å². The molecule has 0 aromatic carbocycles. The first-order chi connectivity index (χ1) is 12.1. The van der Waals surface area contributed by atoms with Gasteiger partial charge < -0.3 is 20.1 Å². The fourth-order valence-corrected chi connectivity index (χ4v) is 3.75. The second-order valence-electron chi connectivity index (χ2n) is 8.50. The predicted octanol–water partition coefficient (Wildman–Crippen LogP) is 3.77. The van der Waals surface area contributed by atoms with Crippen molar-refractivity contribution in [3.05, 3.63) is 36.5 Å². The van der Waals surface area contributed by atoms with Crippen LogP contribution in [0.2, 0.25) is 0 Å². The summed E-state index contributed by atoms with van der Waals surface area (Å²) in [6.07, 6.45) is 6.24. The summed E-state index contributed by atoms with van der Waals surface area (Å²) in [4.78, 5) is 0. The van der Waals surface area contributed by atoms with E-state index in [1.54, 1.807) is 0 Å². The highest BCUT2D eigenvalue weighted by Crippen LogP contribution is 2.40. The van der Waals surface area contributed by atoms with Crippen molar-refractivity contribution >= 4 is 0 Å². The van der Waals surface area contributed by atoms with Crippen molar-refractivity contribution in [1.82, 2.24) is 0 Å². The maximum atomic E-state index is 10.1. The zero-order chi connectivity index (χ0) is 19.9. The van der Waals surface area contributed by atoms with Crippen LogP contribution >= 0.6 is 0 Å². The van der Waals surface area contributed by atoms with Gasteiger partial charge in [-0.1, -0.05) is 50.3 Å². The number of hydrogen-bond donors (Lipinski definition) is 3. The average Bonchev–Trinajstić information content (AvgIpc) is 2.80. The van der Waals surface area contributed by atoms with Gasteiger partial charge in [0.2, 0.25) is 0 Å². The van der Waals surface area contributed by atoms with Gasteiger partial charge in [0.15, 0.2) is 0 Å². The molecule has 1 saturated heterocycles. The third kappa shape index (κ3) is 7.75. The summed E-state index contributed by atoms with van der Waals surface area (Å²) in [5, 5.41) is 28.4. The van der Waals surface area contributed by atoms with Gasteiger partial charge in [-0.05, 0) is 51.4 Å². The highest BCUT2D eigenvalue weighted by molar-refractivity contribution is 5.10. The van der Waals surface area contributed by atoms with E-state index in [9.17, 15) is 10.2 Å². The number of aliphatic hydroxyl groups is 3. The number of hydrogen-bond acceptors (Lipinski definition) is 4. The van der Waals surface area contributed by atoms with Gasteiger partial charge >= 0.3 is 0 Å². The van der Waals surface area contributed by atoms with Crippen LogP contribution in [0.25, 0.3) is 0 Å². The maximum Gasteiger partial charge on any atom is 0.0795 e. The average molecular weight is 367 g/mol. The summed E-state index contributed by atoms with van der Waals surface area (Å²) >= 11 is 0. The maximum absolute atomic E-state index is 10.1. The van der Waals surface area contributed by atoms with Crippen LogP contribution in [0.5, 0.6) is 0 Å². The van der Waals surface area contributed by atoms with E-state index in [0.29, 0.717) is 12.3 Å². The predicted molar refractivity (Wildman–Crippen MR) is 107 cm³/mol. The van der Waals surface area contributed by atoms with Crippen molar-refractivity contribution in [1.29, 1.82) is 0 Å². The van der Waals surface area contributed by atoms with Gasteiger partial charge in [-0.3, -0.25) is 0 Å². The van der Waals surface area contributed by atoms with Gasteiger partial charge in [0.05, 0.1) is 30.5 Å². The van der Waals surface area contributed by atoms with Crippen LogP contribution in [0.15, 0.2) is 36.5 Å². The van der Waals surface area contributed by atoms with Crippen LogP contribution in [0.4, 0.5) is 0 Å². The number of ether oxygens (including phenoxy) is 1. The minimum Gasteiger partial charge on any atom is -0.394 e. The molecular formula is C22H38O4. The van der Waals surface area contributed by atoms with Crippen molar-refractivity contribution in [2.75, 3.05) is 6.61 Å². The van der Waals surface area contributed by atoms with Gasteiger partial charge in [0.1, 0.15) is 0 Å². The van der Waals surface area contributed by atoms with Gasteiger partial charge in [-0.15, -0.1) is 0 Å². The normalized spacial score (nSPS) is 29.7. The second kappa shape index (κ2) is 10.4. The molecule has 3 N–H and O–H groups in total. The lowest BCUT2D eigenvalue weighted by atomic mass is 9.83. The molecule has 150 valence electrons.